The number of carbonyl (C=O) groups excluding carboxylic acids is 1. The number of rotatable bonds is 2. The molecular weight excluding hydrogens is 190 g/mol. The molecule has 15 heavy (non-hydrogen) atoms. The van der Waals surface area contributed by atoms with Gasteiger partial charge < -0.3 is 9.67 Å². The number of fused-ring (bicyclic) bond motifs is 1. The monoisotopic (exact) mass is 203 g/mol. The molecule has 1 N–H and O–H groups in total. The second-order valence-corrected chi connectivity index (χ2v) is 3.87. The van der Waals surface area contributed by atoms with Crippen molar-refractivity contribution in [2.75, 3.05) is 0 Å². The summed E-state index contributed by atoms with van der Waals surface area (Å²) < 4.78 is 1.84. The van der Waals surface area contributed by atoms with Gasteiger partial charge >= 0.3 is 0 Å². The summed E-state index contributed by atoms with van der Waals surface area (Å²) >= 11 is 0. The van der Waals surface area contributed by atoms with E-state index < -0.39 is 0 Å². The Hall–Kier alpha value is -1.77. The number of phenolic OH excluding ortho intramolecular Hbond substituents is 1. The zero-order valence-electron chi connectivity index (χ0n) is 8.77. The minimum Gasteiger partial charge on any atom is -0.506 e. The molecule has 3 nitrogen and oxygen atoms in total. The van der Waals surface area contributed by atoms with Gasteiger partial charge in [-0.2, -0.15) is 0 Å². The lowest BCUT2D eigenvalue weighted by molar-refractivity contribution is 0.111. The number of benzene rings is 1. The maximum Gasteiger partial charge on any atom is 0.166 e. The third kappa shape index (κ3) is 1.40. The number of aromatic nitrogens is 1. The lowest BCUT2D eigenvalue weighted by atomic mass is 10.2. The van der Waals surface area contributed by atoms with Gasteiger partial charge in [0.1, 0.15) is 5.75 Å². The first-order valence-electron chi connectivity index (χ1n) is 4.93. The number of aldehydes is 1. The van der Waals surface area contributed by atoms with E-state index in [1.807, 2.05) is 24.5 Å². The van der Waals surface area contributed by atoms with Crippen LogP contribution >= 0.6 is 0 Å². The van der Waals surface area contributed by atoms with Crippen molar-refractivity contribution in [2.24, 2.45) is 0 Å². The fraction of sp³-hybridized carbons (Fsp3) is 0.250. The molecule has 0 radical (unpaired) electrons. The average molecular weight is 203 g/mol. The van der Waals surface area contributed by atoms with Crippen molar-refractivity contribution in [1.82, 2.24) is 4.57 Å². The molecule has 2 rings (SSSR count). The minimum atomic E-state index is 0.149. The van der Waals surface area contributed by atoms with Crippen LogP contribution in [0.1, 0.15) is 30.4 Å². The van der Waals surface area contributed by atoms with E-state index >= 15 is 0 Å². The maximum atomic E-state index is 10.9. The molecule has 1 aromatic heterocycles. The molecule has 1 aromatic carbocycles. The zero-order valence-corrected chi connectivity index (χ0v) is 8.77. The first kappa shape index (κ1) is 9.77. The number of hydrogen-bond donors (Lipinski definition) is 1. The normalized spacial score (nSPS) is 11.1. The SMILES string of the molecule is CC(C)n1c(C=O)cc2cccc(O)c21. The number of hydrogen-bond acceptors (Lipinski definition) is 2. The minimum absolute atomic E-state index is 0.149. The Labute approximate surface area is 87.9 Å². The Morgan fingerprint density at radius 3 is 2.73 bits per heavy atom. The predicted octanol–water partition coefficient (Wildman–Crippen LogP) is 2.74. The Kier molecular flexibility index (Phi) is 2.23. The lowest BCUT2D eigenvalue weighted by Gasteiger charge is -2.12. The van der Waals surface area contributed by atoms with Crippen LogP contribution in [0.25, 0.3) is 10.9 Å². The lowest BCUT2D eigenvalue weighted by Crippen LogP contribution is -2.04. The summed E-state index contributed by atoms with van der Waals surface area (Å²) in [7, 11) is 0. The molecule has 0 fully saturated rings. The number of para-hydroxylation sites is 1. The summed E-state index contributed by atoms with van der Waals surface area (Å²) in [5, 5.41) is 10.7. The molecule has 0 atom stereocenters. The van der Waals surface area contributed by atoms with Gasteiger partial charge in [-0.1, -0.05) is 12.1 Å². The van der Waals surface area contributed by atoms with E-state index in [-0.39, 0.29) is 11.8 Å². The standard InChI is InChI=1S/C12H13NO2/c1-8(2)13-10(7-14)6-9-4-3-5-11(15)12(9)13/h3-8,15H,1-2H3. The Morgan fingerprint density at radius 1 is 1.40 bits per heavy atom. The maximum absolute atomic E-state index is 10.9. The van der Waals surface area contributed by atoms with Crippen LogP contribution < -0.4 is 0 Å². The smallest absolute Gasteiger partial charge is 0.166 e. The molecule has 1 heterocycles. The molecule has 0 bridgehead atoms. The number of nitrogens with zero attached hydrogens (tertiary/aromatic N) is 1. The number of aromatic hydroxyl groups is 1. The van der Waals surface area contributed by atoms with Crippen molar-refractivity contribution >= 4 is 17.2 Å². The Morgan fingerprint density at radius 2 is 2.13 bits per heavy atom. The third-order valence-corrected chi connectivity index (χ3v) is 2.51. The van der Waals surface area contributed by atoms with Gasteiger partial charge in [0.15, 0.2) is 6.29 Å². The van der Waals surface area contributed by atoms with Gasteiger partial charge in [-0.15, -0.1) is 0 Å². The van der Waals surface area contributed by atoms with Gasteiger partial charge in [-0.25, -0.2) is 0 Å². The molecule has 78 valence electrons. The molecule has 0 spiro atoms. The zero-order chi connectivity index (χ0) is 11.0. The van der Waals surface area contributed by atoms with Crippen molar-refractivity contribution in [3.63, 3.8) is 0 Å². The molecule has 0 aliphatic heterocycles. The van der Waals surface area contributed by atoms with Gasteiger partial charge in [0, 0.05) is 11.4 Å². The molecule has 0 aliphatic carbocycles. The van der Waals surface area contributed by atoms with Crippen LogP contribution in [0.15, 0.2) is 24.3 Å². The van der Waals surface area contributed by atoms with Crippen molar-refractivity contribution in [3.8, 4) is 5.75 Å². The van der Waals surface area contributed by atoms with Crippen LogP contribution in [-0.2, 0) is 0 Å². The van der Waals surface area contributed by atoms with Gasteiger partial charge in [0.25, 0.3) is 0 Å². The molecule has 0 unspecified atom stereocenters. The fourth-order valence-corrected chi connectivity index (χ4v) is 1.93. The van der Waals surface area contributed by atoms with E-state index in [0.717, 1.165) is 17.2 Å². The molecule has 2 aromatic rings. The average Bonchev–Trinajstić information content (AvgIpc) is 2.57. The highest BCUT2D eigenvalue weighted by molar-refractivity contribution is 5.92. The van der Waals surface area contributed by atoms with Crippen LogP contribution in [0.2, 0.25) is 0 Å². The quantitative estimate of drug-likeness (QED) is 0.762. The first-order chi connectivity index (χ1) is 7.15. The first-order valence-corrected chi connectivity index (χ1v) is 4.93. The van der Waals surface area contributed by atoms with Crippen LogP contribution in [0, 0.1) is 0 Å². The molecule has 0 saturated heterocycles. The third-order valence-electron chi connectivity index (χ3n) is 2.51. The highest BCUT2D eigenvalue weighted by Crippen LogP contribution is 2.30. The van der Waals surface area contributed by atoms with E-state index in [1.165, 1.54) is 0 Å². The summed E-state index contributed by atoms with van der Waals surface area (Å²) in [5.74, 6) is 0.217. The van der Waals surface area contributed by atoms with Crippen LogP contribution in [0.4, 0.5) is 0 Å². The summed E-state index contributed by atoms with van der Waals surface area (Å²) in [6.07, 6.45) is 0.819. The van der Waals surface area contributed by atoms with E-state index in [2.05, 4.69) is 0 Å². The van der Waals surface area contributed by atoms with Crippen molar-refractivity contribution in [3.05, 3.63) is 30.0 Å². The highest BCUT2D eigenvalue weighted by atomic mass is 16.3. The fourth-order valence-electron chi connectivity index (χ4n) is 1.93. The summed E-state index contributed by atoms with van der Waals surface area (Å²) in [6.45, 7) is 3.97. The van der Waals surface area contributed by atoms with E-state index in [0.29, 0.717) is 5.69 Å². The second kappa shape index (κ2) is 3.42. The second-order valence-electron chi connectivity index (χ2n) is 3.87. The van der Waals surface area contributed by atoms with Crippen LogP contribution in [0.3, 0.4) is 0 Å². The van der Waals surface area contributed by atoms with Crippen molar-refractivity contribution in [1.29, 1.82) is 0 Å². The van der Waals surface area contributed by atoms with Crippen molar-refractivity contribution < 1.29 is 9.90 Å². The molecule has 3 heteroatoms. The predicted molar refractivity (Wildman–Crippen MR) is 59.4 cm³/mol. The van der Waals surface area contributed by atoms with Crippen LogP contribution in [-0.4, -0.2) is 16.0 Å². The topological polar surface area (TPSA) is 42.2 Å². The van der Waals surface area contributed by atoms with Gasteiger partial charge in [0.05, 0.1) is 11.2 Å². The summed E-state index contributed by atoms with van der Waals surface area (Å²) in [4.78, 5) is 10.9. The molecule has 0 amide bonds. The van der Waals surface area contributed by atoms with Gasteiger partial charge in [-0.3, -0.25) is 4.79 Å². The molecular formula is C12H13NO2. The summed E-state index contributed by atoms with van der Waals surface area (Å²) in [6, 6.07) is 7.24. The largest absolute Gasteiger partial charge is 0.506 e. The van der Waals surface area contributed by atoms with E-state index in [9.17, 15) is 9.90 Å². The van der Waals surface area contributed by atoms with Gasteiger partial charge in [-0.05, 0) is 26.0 Å². The van der Waals surface area contributed by atoms with Crippen LogP contribution in [0.5, 0.6) is 5.75 Å². The van der Waals surface area contributed by atoms with E-state index in [1.54, 1.807) is 18.2 Å². The molecule has 0 saturated carbocycles. The number of phenols is 1. The molecule has 0 aliphatic rings. The Balaban J connectivity index is 2.88. The van der Waals surface area contributed by atoms with E-state index in [4.69, 9.17) is 0 Å². The van der Waals surface area contributed by atoms with Gasteiger partial charge in [0.2, 0.25) is 0 Å². The Bertz CT molecular complexity index is 512. The number of carbonyl (C=O) groups is 1. The summed E-state index contributed by atoms with van der Waals surface area (Å²) in [5.41, 5.74) is 1.33. The van der Waals surface area contributed by atoms with Crippen molar-refractivity contribution in [2.45, 2.75) is 19.9 Å². The highest BCUT2D eigenvalue weighted by Gasteiger charge is 2.13.